The molecular formula is C23H22N4O3S2. The van der Waals surface area contributed by atoms with Gasteiger partial charge in [0.25, 0.3) is 5.91 Å². The second-order valence-corrected chi connectivity index (χ2v) is 9.88. The number of carbonyl (C=O) groups is 2. The molecule has 0 aliphatic rings. The minimum Gasteiger partial charge on any atom is -0.459 e. The fourth-order valence-corrected chi connectivity index (χ4v) is 4.39. The zero-order chi connectivity index (χ0) is 22.7. The molecule has 4 rings (SSSR count). The molecular weight excluding hydrogens is 444 g/mol. The number of anilines is 2. The lowest BCUT2D eigenvalue weighted by Gasteiger charge is -2.18. The van der Waals surface area contributed by atoms with Gasteiger partial charge in [0.2, 0.25) is 5.91 Å². The van der Waals surface area contributed by atoms with Crippen LogP contribution in [0.3, 0.4) is 0 Å². The van der Waals surface area contributed by atoms with Gasteiger partial charge in [0.15, 0.2) is 16.0 Å². The molecule has 1 aromatic carbocycles. The molecule has 32 heavy (non-hydrogen) atoms. The SMILES string of the molecule is CC(C)(C)c1ccc(-c2csc(NC(=O)Cc3csc(NC(=O)c4ccco4)n3)n2)cc1. The third kappa shape index (κ3) is 5.30. The third-order valence-corrected chi connectivity index (χ3v) is 6.22. The smallest absolute Gasteiger partial charge is 0.293 e. The number of furan rings is 1. The van der Waals surface area contributed by atoms with Gasteiger partial charge in [-0.05, 0) is 23.1 Å². The maximum atomic E-state index is 12.4. The first-order chi connectivity index (χ1) is 15.3. The van der Waals surface area contributed by atoms with Crippen LogP contribution in [0.15, 0.2) is 57.8 Å². The number of amides is 2. The number of thiazole rings is 2. The monoisotopic (exact) mass is 466 g/mol. The quantitative estimate of drug-likeness (QED) is 0.386. The number of carbonyl (C=O) groups excluding carboxylic acids is 2. The van der Waals surface area contributed by atoms with Gasteiger partial charge >= 0.3 is 0 Å². The van der Waals surface area contributed by atoms with Crippen molar-refractivity contribution in [3.63, 3.8) is 0 Å². The van der Waals surface area contributed by atoms with E-state index in [1.165, 1.54) is 34.5 Å². The number of aromatic nitrogens is 2. The van der Waals surface area contributed by atoms with Crippen LogP contribution in [-0.4, -0.2) is 21.8 Å². The van der Waals surface area contributed by atoms with E-state index in [1.807, 2.05) is 5.38 Å². The summed E-state index contributed by atoms with van der Waals surface area (Å²) in [5, 5.41) is 10.1. The topological polar surface area (TPSA) is 97.1 Å². The summed E-state index contributed by atoms with van der Waals surface area (Å²) in [4.78, 5) is 33.2. The van der Waals surface area contributed by atoms with Crippen molar-refractivity contribution in [2.75, 3.05) is 10.6 Å². The minimum absolute atomic E-state index is 0.0856. The summed E-state index contributed by atoms with van der Waals surface area (Å²) in [5.74, 6) is -0.401. The fraction of sp³-hybridized carbons (Fsp3) is 0.217. The molecule has 7 nitrogen and oxygen atoms in total. The van der Waals surface area contributed by atoms with Crippen molar-refractivity contribution < 1.29 is 14.0 Å². The predicted octanol–water partition coefficient (Wildman–Crippen LogP) is 5.59. The van der Waals surface area contributed by atoms with Gasteiger partial charge in [-0.25, -0.2) is 9.97 Å². The van der Waals surface area contributed by atoms with Crippen molar-refractivity contribution in [1.82, 2.24) is 9.97 Å². The summed E-state index contributed by atoms with van der Waals surface area (Å²) in [6, 6.07) is 11.5. The number of nitrogens with one attached hydrogen (secondary N) is 2. The Morgan fingerprint density at radius 1 is 0.969 bits per heavy atom. The molecule has 0 aliphatic heterocycles. The van der Waals surface area contributed by atoms with Crippen LogP contribution in [-0.2, 0) is 16.6 Å². The lowest BCUT2D eigenvalue weighted by atomic mass is 9.86. The average molecular weight is 467 g/mol. The van der Waals surface area contributed by atoms with Crippen molar-refractivity contribution >= 4 is 44.8 Å². The van der Waals surface area contributed by atoms with Crippen molar-refractivity contribution in [2.24, 2.45) is 0 Å². The fourth-order valence-electron chi connectivity index (χ4n) is 2.94. The maximum absolute atomic E-state index is 12.4. The molecule has 164 valence electrons. The third-order valence-electron chi connectivity index (χ3n) is 4.66. The molecule has 3 heterocycles. The second kappa shape index (κ2) is 9.05. The predicted molar refractivity (Wildman–Crippen MR) is 127 cm³/mol. The van der Waals surface area contributed by atoms with Gasteiger partial charge < -0.3 is 9.73 Å². The first-order valence-electron chi connectivity index (χ1n) is 9.93. The summed E-state index contributed by atoms with van der Waals surface area (Å²) in [6.07, 6.45) is 1.51. The molecule has 0 bridgehead atoms. The van der Waals surface area contributed by atoms with Gasteiger partial charge in [-0.2, -0.15) is 0 Å². The first kappa shape index (κ1) is 21.9. The summed E-state index contributed by atoms with van der Waals surface area (Å²) in [6.45, 7) is 6.53. The number of nitrogens with zero attached hydrogens (tertiary/aromatic N) is 2. The van der Waals surface area contributed by atoms with Crippen molar-refractivity contribution in [3.05, 3.63) is 70.4 Å². The molecule has 0 fully saturated rings. The molecule has 3 aromatic heterocycles. The Labute approximate surface area is 193 Å². The van der Waals surface area contributed by atoms with Gasteiger partial charge in [0.05, 0.1) is 24.1 Å². The molecule has 4 aromatic rings. The minimum atomic E-state index is -0.383. The van der Waals surface area contributed by atoms with Crippen LogP contribution in [0.4, 0.5) is 10.3 Å². The Hall–Kier alpha value is -3.30. The highest BCUT2D eigenvalue weighted by atomic mass is 32.1. The Balaban J connectivity index is 1.34. The summed E-state index contributed by atoms with van der Waals surface area (Å²) >= 11 is 2.63. The highest BCUT2D eigenvalue weighted by Crippen LogP contribution is 2.28. The molecule has 0 saturated heterocycles. The van der Waals surface area contributed by atoms with E-state index in [4.69, 9.17) is 4.42 Å². The Morgan fingerprint density at radius 2 is 1.69 bits per heavy atom. The summed E-state index contributed by atoms with van der Waals surface area (Å²) in [5.41, 5.74) is 3.75. The molecule has 0 saturated carbocycles. The van der Waals surface area contributed by atoms with E-state index in [1.54, 1.807) is 17.5 Å². The van der Waals surface area contributed by atoms with E-state index in [0.29, 0.717) is 16.0 Å². The van der Waals surface area contributed by atoms with Crippen LogP contribution in [0.25, 0.3) is 11.3 Å². The Kier molecular flexibility index (Phi) is 6.20. The molecule has 0 spiro atoms. The Bertz CT molecular complexity index is 1220. The normalized spacial score (nSPS) is 11.3. The molecule has 2 N–H and O–H groups in total. The molecule has 0 radical (unpaired) electrons. The van der Waals surface area contributed by atoms with Crippen molar-refractivity contribution in [1.29, 1.82) is 0 Å². The zero-order valence-electron chi connectivity index (χ0n) is 17.8. The van der Waals surface area contributed by atoms with Crippen LogP contribution in [0.5, 0.6) is 0 Å². The molecule has 9 heteroatoms. The summed E-state index contributed by atoms with van der Waals surface area (Å²) in [7, 11) is 0. The molecule has 0 atom stereocenters. The second-order valence-electron chi connectivity index (χ2n) is 8.17. The van der Waals surface area contributed by atoms with Crippen LogP contribution in [0, 0.1) is 0 Å². The van der Waals surface area contributed by atoms with Crippen LogP contribution >= 0.6 is 22.7 Å². The maximum Gasteiger partial charge on any atom is 0.293 e. The van der Waals surface area contributed by atoms with E-state index < -0.39 is 0 Å². The highest BCUT2D eigenvalue weighted by Gasteiger charge is 2.15. The van der Waals surface area contributed by atoms with E-state index in [2.05, 4.69) is 65.6 Å². The van der Waals surface area contributed by atoms with E-state index in [-0.39, 0.29) is 29.4 Å². The number of hydrogen-bond donors (Lipinski definition) is 2. The number of hydrogen-bond acceptors (Lipinski definition) is 7. The summed E-state index contributed by atoms with van der Waals surface area (Å²) < 4.78 is 5.05. The zero-order valence-corrected chi connectivity index (χ0v) is 19.5. The van der Waals surface area contributed by atoms with Gasteiger partial charge in [-0.3, -0.25) is 14.9 Å². The van der Waals surface area contributed by atoms with Crippen LogP contribution < -0.4 is 10.6 Å². The average Bonchev–Trinajstić information content (AvgIpc) is 3.50. The van der Waals surface area contributed by atoms with E-state index in [9.17, 15) is 9.59 Å². The van der Waals surface area contributed by atoms with Crippen LogP contribution in [0.2, 0.25) is 0 Å². The van der Waals surface area contributed by atoms with E-state index in [0.717, 1.165) is 11.3 Å². The number of benzene rings is 1. The lowest BCUT2D eigenvalue weighted by molar-refractivity contribution is -0.115. The number of rotatable bonds is 6. The van der Waals surface area contributed by atoms with E-state index >= 15 is 0 Å². The molecule has 0 aliphatic carbocycles. The van der Waals surface area contributed by atoms with Crippen LogP contribution in [0.1, 0.15) is 42.6 Å². The highest BCUT2D eigenvalue weighted by molar-refractivity contribution is 7.14. The van der Waals surface area contributed by atoms with Crippen molar-refractivity contribution in [2.45, 2.75) is 32.6 Å². The van der Waals surface area contributed by atoms with Crippen molar-refractivity contribution in [3.8, 4) is 11.3 Å². The molecule has 0 unspecified atom stereocenters. The molecule has 2 amide bonds. The standard InChI is InChI=1S/C23H22N4O3S2/c1-23(2,3)15-8-6-14(7-9-15)17-13-32-22(25-17)26-19(28)11-16-12-31-21(24-16)27-20(29)18-5-4-10-30-18/h4-10,12-13H,11H2,1-3H3,(H,24,27,29)(H,25,26,28). The van der Waals surface area contributed by atoms with Gasteiger partial charge in [0.1, 0.15) is 0 Å². The lowest BCUT2D eigenvalue weighted by Crippen LogP contribution is -2.15. The largest absolute Gasteiger partial charge is 0.459 e. The van der Waals surface area contributed by atoms with Gasteiger partial charge in [-0.1, -0.05) is 45.0 Å². The van der Waals surface area contributed by atoms with Gasteiger partial charge in [0, 0.05) is 16.3 Å². The van der Waals surface area contributed by atoms with Gasteiger partial charge in [-0.15, -0.1) is 22.7 Å². The Morgan fingerprint density at radius 3 is 2.38 bits per heavy atom. The first-order valence-corrected chi connectivity index (χ1v) is 11.7.